The zero-order valence-electron chi connectivity index (χ0n) is 11.4. The largest absolute Gasteiger partial charge is 0.396 e. The normalized spacial score (nSPS) is 12.9. The van der Waals surface area contributed by atoms with E-state index in [1.54, 1.807) is 10.8 Å². The summed E-state index contributed by atoms with van der Waals surface area (Å²) in [5, 5.41) is 15.8. The predicted molar refractivity (Wildman–Crippen MR) is 71.0 cm³/mol. The first-order valence-electron chi connectivity index (χ1n) is 6.05. The molecule has 0 saturated heterocycles. The minimum atomic E-state index is -0.154. The van der Waals surface area contributed by atoms with Crippen molar-refractivity contribution in [1.29, 1.82) is 0 Å². The van der Waals surface area contributed by atoms with E-state index in [0.29, 0.717) is 6.42 Å². The highest BCUT2D eigenvalue weighted by Crippen LogP contribution is 2.13. The molecule has 0 aromatic carbocycles. The fraction of sp³-hybridized carbons (Fsp3) is 0.538. The predicted octanol–water partition coefficient (Wildman–Crippen LogP) is 0.937. The van der Waals surface area contributed by atoms with Gasteiger partial charge in [-0.1, -0.05) is 0 Å². The number of aliphatic hydroxyl groups excluding tert-OH is 1. The van der Waals surface area contributed by atoms with Gasteiger partial charge in [0.1, 0.15) is 0 Å². The molecule has 0 saturated carbocycles. The van der Waals surface area contributed by atoms with Crippen LogP contribution in [0.2, 0.25) is 0 Å². The molecular weight excluding hydrogens is 230 g/mol. The summed E-state index contributed by atoms with van der Waals surface area (Å²) < 4.78 is 1.79. The molecule has 1 amide bonds. The molecule has 5 nitrogen and oxygen atoms in total. The molecule has 1 heterocycles. The van der Waals surface area contributed by atoms with Crippen molar-refractivity contribution in [2.24, 2.45) is 7.05 Å². The third-order valence-electron chi connectivity index (χ3n) is 2.92. The molecule has 100 valence electrons. The van der Waals surface area contributed by atoms with E-state index in [4.69, 9.17) is 5.11 Å². The Bertz CT molecular complexity index is 449. The molecule has 0 aliphatic heterocycles. The van der Waals surface area contributed by atoms with E-state index < -0.39 is 0 Å². The molecule has 0 radical (unpaired) electrons. The summed E-state index contributed by atoms with van der Waals surface area (Å²) in [6, 6.07) is -0.0248. The quantitative estimate of drug-likeness (QED) is 0.765. The minimum absolute atomic E-state index is 0.0248. The Kier molecular flexibility index (Phi) is 5.09. The lowest BCUT2D eigenvalue weighted by atomic mass is 10.2. The summed E-state index contributed by atoms with van der Waals surface area (Å²) in [5.74, 6) is -0.154. The van der Waals surface area contributed by atoms with Gasteiger partial charge in [-0.25, -0.2) is 0 Å². The zero-order chi connectivity index (χ0) is 13.7. The Morgan fingerprint density at radius 3 is 2.72 bits per heavy atom. The number of aliphatic hydroxyl groups is 1. The summed E-state index contributed by atoms with van der Waals surface area (Å²) in [6.07, 6.45) is 3.84. The molecule has 0 bridgehead atoms. The highest BCUT2D eigenvalue weighted by molar-refractivity contribution is 5.92. The standard InChI is InChI=1S/C13H21N3O2/c1-9(7-8-17)14-13(18)6-5-12-10(2)15-16(4)11(12)3/h5-6,9,17H,7-8H2,1-4H3,(H,14,18)/b6-5+. The van der Waals surface area contributed by atoms with Gasteiger partial charge in [-0.3, -0.25) is 9.48 Å². The zero-order valence-corrected chi connectivity index (χ0v) is 11.4. The summed E-state index contributed by atoms with van der Waals surface area (Å²) in [7, 11) is 1.88. The van der Waals surface area contributed by atoms with Gasteiger partial charge in [0, 0.05) is 37.0 Å². The minimum Gasteiger partial charge on any atom is -0.396 e. The summed E-state index contributed by atoms with van der Waals surface area (Å²) in [6.45, 7) is 5.82. The van der Waals surface area contributed by atoms with Crippen LogP contribution in [-0.4, -0.2) is 33.4 Å². The number of aryl methyl sites for hydroxylation is 2. The van der Waals surface area contributed by atoms with E-state index in [9.17, 15) is 4.79 Å². The van der Waals surface area contributed by atoms with Crippen molar-refractivity contribution in [2.45, 2.75) is 33.2 Å². The maximum atomic E-state index is 11.6. The maximum Gasteiger partial charge on any atom is 0.244 e. The van der Waals surface area contributed by atoms with Crippen LogP contribution in [0.3, 0.4) is 0 Å². The highest BCUT2D eigenvalue weighted by Gasteiger charge is 2.07. The topological polar surface area (TPSA) is 67.2 Å². The summed E-state index contributed by atoms with van der Waals surface area (Å²) in [5.41, 5.74) is 2.91. The Morgan fingerprint density at radius 1 is 1.56 bits per heavy atom. The first-order valence-corrected chi connectivity index (χ1v) is 6.05. The molecule has 1 aromatic rings. The Balaban J connectivity index is 2.66. The van der Waals surface area contributed by atoms with Gasteiger partial charge in [0.05, 0.1) is 5.69 Å². The van der Waals surface area contributed by atoms with Crippen LogP contribution in [0.25, 0.3) is 6.08 Å². The van der Waals surface area contributed by atoms with Crippen molar-refractivity contribution >= 4 is 12.0 Å². The molecule has 0 fully saturated rings. The number of amides is 1. The third-order valence-corrected chi connectivity index (χ3v) is 2.92. The number of hydrogen-bond acceptors (Lipinski definition) is 3. The van der Waals surface area contributed by atoms with Crippen LogP contribution < -0.4 is 5.32 Å². The van der Waals surface area contributed by atoms with E-state index in [1.807, 2.05) is 27.8 Å². The van der Waals surface area contributed by atoms with E-state index in [2.05, 4.69) is 10.4 Å². The molecule has 1 unspecified atom stereocenters. The Labute approximate surface area is 108 Å². The van der Waals surface area contributed by atoms with Crippen LogP contribution in [0.4, 0.5) is 0 Å². The summed E-state index contributed by atoms with van der Waals surface area (Å²) >= 11 is 0. The van der Waals surface area contributed by atoms with E-state index >= 15 is 0 Å². The lowest BCUT2D eigenvalue weighted by molar-refractivity contribution is -0.117. The number of nitrogens with one attached hydrogen (secondary N) is 1. The van der Waals surface area contributed by atoms with Gasteiger partial charge >= 0.3 is 0 Å². The molecule has 0 spiro atoms. The Hall–Kier alpha value is -1.62. The van der Waals surface area contributed by atoms with Crippen molar-refractivity contribution in [1.82, 2.24) is 15.1 Å². The SMILES string of the molecule is Cc1nn(C)c(C)c1/C=C/C(=O)NC(C)CCO. The molecule has 0 aliphatic rings. The van der Waals surface area contributed by atoms with E-state index in [-0.39, 0.29) is 18.6 Å². The third kappa shape index (κ3) is 3.70. The monoisotopic (exact) mass is 251 g/mol. The van der Waals surface area contributed by atoms with Crippen molar-refractivity contribution in [3.63, 3.8) is 0 Å². The first-order chi connectivity index (χ1) is 8.45. The van der Waals surface area contributed by atoms with Gasteiger partial charge in [0.2, 0.25) is 5.91 Å². The lowest BCUT2D eigenvalue weighted by Crippen LogP contribution is -2.31. The van der Waals surface area contributed by atoms with E-state index in [0.717, 1.165) is 17.0 Å². The number of carbonyl (C=O) groups excluding carboxylic acids is 1. The lowest BCUT2D eigenvalue weighted by Gasteiger charge is -2.09. The average molecular weight is 251 g/mol. The fourth-order valence-corrected chi connectivity index (χ4v) is 1.75. The van der Waals surface area contributed by atoms with Crippen LogP contribution >= 0.6 is 0 Å². The molecule has 1 rings (SSSR count). The second-order valence-electron chi connectivity index (χ2n) is 4.46. The Morgan fingerprint density at radius 2 is 2.22 bits per heavy atom. The smallest absolute Gasteiger partial charge is 0.244 e. The van der Waals surface area contributed by atoms with Gasteiger partial charge in [-0.05, 0) is 33.3 Å². The molecule has 1 atom stereocenters. The molecule has 0 aliphatic carbocycles. The van der Waals surface area contributed by atoms with Gasteiger partial charge in [0.25, 0.3) is 0 Å². The molecule has 5 heteroatoms. The summed E-state index contributed by atoms with van der Waals surface area (Å²) in [4.78, 5) is 11.6. The van der Waals surface area contributed by atoms with Crippen molar-refractivity contribution in [3.8, 4) is 0 Å². The number of rotatable bonds is 5. The van der Waals surface area contributed by atoms with Gasteiger partial charge in [-0.15, -0.1) is 0 Å². The van der Waals surface area contributed by atoms with Crippen LogP contribution in [0, 0.1) is 13.8 Å². The number of carbonyl (C=O) groups is 1. The molecule has 2 N–H and O–H groups in total. The van der Waals surface area contributed by atoms with Crippen LogP contribution in [0.1, 0.15) is 30.3 Å². The average Bonchev–Trinajstić information content (AvgIpc) is 2.51. The maximum absolute atomic E-state index is 11.6. The van der Waals surface area contributed by atoms with Crippen molar-refractivity contribution in [3.05, 3.63) is 23.0 Å². The number of nitrogens with zero attached hydrogens (tertiary/aromatic N) is 2. The number of hydrogen-bond donors (Lipinski definition) is 2. The van der Waals surface area contributed by atoms with E-state index in [1.165, 1.54) is 6.08 Å². The van der Waals surface area contributed by atoms with Crippen LogP contribution in [0.5, 0.6) is 0 Å². The number of aromatic nitrogens is 2. The second kappa shape index (κ2) is 6.35. The molecular formula is C13H21N3O2. The first kappa shape index (κ1) is 14.4. The van der Waals surface area contributed by atoms with Gasteiger partial charge in [-0.2, -0.15) is 5.10 Å². The van der Waals surface area contributed by atoms with Crippen molar-refractivity contribution in [2.75, 3.05) is 6.61 Å². The van der Waals surface area contributed by atoms with Crippen molar-refractivity contribution < 1.29 is 9.90 Å². The van der Waals surface area contributed by atoms with Crippen LogP contribution in [0.15, 0.2) is 6.08 Å². The van der Waals surface area contributed by atoms with Gasteiger partial charge in [0.15, 0.2) is 0 Å². The molecule has 18 heavy (non-hydrogen) atoms. The highest BCUT2D eigenvalue weighted by atomic mass is 16.3. The van der Waals surface area contributed by atoms with Gasteiger partial charge < -0.3 is 10.4 Å². The molecule has 1 aromatic heterocycles. The van der Waals surface area contributed by atoms with Crippen LogP contribution in [-0.2, 0) is 11.8 Å². The fourth-order valence-electron chi connectivity index (χ4n) is 1.75. The second-order valence-corrected chi connectivity index (χ2v) is 4.46.